The van der Waals surface area contributed by atoms with E-state index in [1.807, 2.05) is 0 Å². The molecule has 1 atom stereocenters. The summed E-state index contributed by atoms with van der Waals surface area (Å²) < 4.78 is 39.7. The van der Waals surface area contributed by atoms with Crippen LogP contribution in [0.4, 0.5) is 18.9 Å². The first-order chi connectivity index (χ1) is 8.28. The number of carboxylic acid groups (broad SMARTS) is 1. The molecule has 0 aliphatic heterocycles. The Morgan fingerprint density at radius 1 is 1.50 bits per heavy atom. The Labute approximate surface area is 101 Å². The van der Waals surface area contributed by atoms with Gasteiger partial charge in [0.2, 0.25) is 0 Å². The zero-order valence-corrected chi connectivity index (χ0v) is 9.49. The number of nitrogens with one attached hydrogen (secondary N) is 1. The maximum atomic E-state index is 12.0. The number of ether oxygens (including phenoxy) is 1. The number of carboxylic acids is 1. The smallest absolute Gasteiger partial charge is 0.481 e. The lowest BCUT2D eigenvalue weighted by atomic mass is 10.2. The van der Waals surface area contributed by atoms with E-state index in [4.69, 9.17) is 5.11 Å². The molecule has 7 heteroatoms. The van der Waals surface area contributed by atoms with Gasteiger partial charge in [0.05, 0.1) is 5.92 Å². The fraction of sp³-hybridized carbons (Fsp3) is 0.364. The average Bonchev–Trinajstić information content (AvgIpc) is 2.23. The number of benzene rings is 1. The molecule has 18 heavy (non-hydrogen) atoms. The molecule has 0 heterocycles. The van der Waals surface area contributed by atoms with Crippen LogP contribution in [-0.2, 0) is 4.79 Å². The maximum Gasteiger partial charge on any atom is 0.573 e. The minimum atomic E-state index is -4.74. The number of halogens is 3. The Hall–Kier alpha value is -1.92. The lowest BCUT2D eigenvalue weighted by Crippen LogP contribution is -2.20. The van der Waals surface area contributed by atoms with Crippen LogP contribution in [-0.4, -0.2) is 24.0 Å². The number of rotatable bonds is 5. The molecule has 0 amide bonds. The van der Waals surface area contributed by atoms with Crippen LogP contribution in [0.15, 0.2) is 24.3 Å². The summed E-state index contributed by atoms with van der Waals surface area (Å²) in [5.41, 5.74) is 0.366. The summed E-state index contributed by atoms with van der Waals surface area (Å²) in [7, 11) is 0. The van der Waals surface area contributed by atoms with Crippen molar-refractivity contribution in [3.63, 3.8) is 0 Å². The van der Waals surface area contributed by atoms with Gasteiger partial charge in [-0.15, -0.1) is 13.2 Å². The van der Waals surface area contributed by atoms with E-state index in [-0.39, 0.29) is 12.3 Å². The summed E-state index contributed by atoms with van der Waals surface area (Å²) >= 11 is 0. The highest BCUT2D eigenvalue weighted by atomic mass is 19.4. The van der Waals surface area contributed by atoms with Gasteiger partial charge in [-0.25, -0.2) is 0 Å². The summed E-state index contributed by atoms with van der Waals surface area (Å²) in [5.74, 6) is -1.97. The van der Waals surface area contributed by atoms with Crippen molar-refractivity contribution >= 4 is 11.7 Å². The number of hydrogen-bond donors (Lipinski definition) is 2. The van der Waals surface area contributed by atoms with Gasteiger partial charge < -0.3 is 15.2 Å². The van der Waals surface area contributed by atoms with Gasteiger partial charge in [0.25, 0.3) is 0 Å². The van der Waals surface area contributed by atoms with E-state index in [0.29, 0.717) is 5.69 Å². The van der Waals surface area contributed by atoms with Gasteiger partial charge in [0.15, 0.2) is 0 Å². The molecule has 0 saturated heterocycles. The van der Waals surface area contributed by atoms with Crippen LogP contribution in [0.5, 0.6) is 5.75 Å². The van der Waals surface area contributed by atoms with Crippen molar-refractivity contribution in [1.29, 1.82) is 0 Å². The number of anilines is 1. The van der Waals surface area contributed by atoms with Gasteiger partial charge in [0.1, 0.15) is 5.75 Å². The van der Waals surface area contributed by atoms with E-state index in [9.17, 15) is 18.0 Å². The van der Waals surface area contributed by atoms with E-state index in [0.717, 1.165) is 6.07 Å². The number of alkyl halides is 3. The third kappa shape index (κ3) is 4.94. The number of aliphatic carboxylic acids is 1. The van der Waals surface area contributed by atoms with Crippen LogP contribution < -0.4 is 10.1 Å². The molecule has 0 aliphatic carbocycles. The lowest BCUT2D eigenvalue weighted by Gasteiger charge is -2.12. The molecule has 1 unspecified atom stereocenters. The second-order valence-electron chi connectivity index (χ2n) is 3.70. The third-order valence-corrected chi connectivity index (χ3v) is 2.10. The molecule has 0 spiro atoms. The standard InChI is InChI=1S/C11H12F3NO3/c1-7(10(16)17)6-15-8-3-2-4-9(5-8)18-11(12,13)14/h2-5,7,15H,6H2,1H3,(H,16,17). The molecular formula is C11H12F3NO3. The van der Waals surface area contributed by atoms with Crippen molar-refractivity contribution in [1.82, 2.24) is 0 Å². The van der Waals surface area contributed by atoms with Gasteiger partial charge >= 0.3 is 12.3 Å². The zero-order valence-electron chi connectivity index (χ0n) is 9.49. The van der Waals surface area contributed by atoms with Crippen molar-refractivity contribution in [2.45, 2.75) is 13.3 Å². The quantitative estimate of drug-likeness (QED) is 0.857. The molecule has 0 radical (unpaired) electrons. The van der Waals surface area contributed by atoms with Gasteiger partial charge in [0, 0.05) is 18.3 Å². The molecule has 0 aromatic heterocycles. The Kier molecular flexibility index (Phi) is 4.41. The first-order valence-corrected chi connectivity index (χ1v) is 5.10. The molecular weight excluding hydrogens is 251 g/mol. The summed E-state index contributed by atoms with van der Waals surface area (Å²) in [6.45, 7) is 1.61. The normalized spacial score (nSPS) is 12.9. The molecule has 1 rings (SSSR count). The largest absolute Gasteiger partial charge is 0.573 e. The van der Waals surface area contributed by atoms with Crippen LogP contribution in [0.1, 0.15) is 6.92 Å². The second-order valence-corrected chi connectivity index (χ2v) is 3.70. The van der Waals surface area contributed by atoms with Crippen molar-refractivity contribution in [2.24, 2.45) is 5.92 Å². The highest BCUT2D eigenvalue weighted by molar-refractivity contribution is 5.70. The van der Waals surface area contributed by atoms with Gasteiger partial charge in [-0.1, -0.05) is 13.0 Å². The van der Waals surface area contributed by atoms with Crippen molar-refractivity contribution < 1.29 is 27.8 Å². The van der Waals surface area contributed by atoms with E-state index in [2.05, 4.69) is 10.1 Å². The Morgan fingerprint density at radius 3 is 2.72 bits per heavy atom. The van der Waals surface area contributed by atoms with E-state index in [1.165, 1.54) is 25.1 Å². The van der Waals surface area contributed by atoms with E-state index in [1.54, 1.807) is 0 Å². The lowest BCUT2D eigenvalue weighted by molar-refractivity contribution is -0.274. The number of carbonyl (C=O) groups is 1. The van der Waals surface area contributed by atoms with Crippen LogP contribution in [0, 0.1) is 5.92 Å². The van der Waals surface area contributed by atoms with Crippen LogP contribution in [0.3, 0.4) is 0 Å². The van der Waals surface area contributed by atoms with Crippen molar-refractivity contribution in [3.05, 3.63) is 24.3 Å². The topological polar surface area (TPSA) is 58.6 Å². The Bertz CT molecular complexity index is 420. The second kappa shape index (κ2) is 5.61. The number of hydrogen-bond acceptors (Lipinski definition) is 3. The molecule has 1 aromatic carbocycles. The molecule has 1 aromatic rings. The molecule has 4 nitrogen and oxygen atoms in total. The summed E-state index contributed by atoms with van der Waals surface area (Å²) in [6, 6.07) is 5.23. The molecule has 0 aliphatic rings. The molecule has 100 valence electrons. The first-order valence-electron chi connectivity index (χ1n) is 5.10. The van der Waals surface area contributed by atoms with Crippen LogP contribution in [0.2, 0.25) is 0 Å². The predicted molar refractivity (Wildman–Crippen MR) is 58.4 cm³/mol. The van der Waals surface area contributed by atoms with Gasteiger partial charge in [-0.2, -0.15) is 0 Å². The zero-order chi connectivity index (χ0) is 13.8. The minimum Gasteiger partial charge on any atom is -0.481 e. The average molecular weight is 263 g/mol. The summed E-state index contributed by atoms with van der Waals surface area (Å²) in [4.78, 5) is 10.6. The maximum absolute atomic E-state index is 12.0. The monoisotopic (exact) mass is 263 g/mol. The van der Waals surface area contributed by atoms with Gasteiger partial charge in [-0.3, -0.25) is 4.79 Å². The Balaban J connectivity index is 2.62. The van der Waals surface area contributed by atoms with Crippen LogP contribution in [0.25, 0.3) is 0 Å². The fourth-order valence-electron chi connectivity index (χ4n) is 1.16. The highest BCUT2D eigenvalue weighted by Crippen LogP contribution is 2.25. The SMILES string of the molecule is CC(CNc1cccc(OC(F)(F)F)c1)C(=O)O. The Morgan fingerprint density at radius 2 is 2.17 bits per heavy atom. The molecule has 2 N–H and O–H groups in total. The van der Waals surface area contributed by atoms with Crippen LogP contribution >= 0.6 is 0 Å². The third-order valence-electron chi connectivity index (χ3n) is 2.10. The molecule has 0 bridgehead atoms. The minimum absolute atomic E-state index is 0.116. The first kappa shape index (κ1) is 14.1. The summed E-state index contributed by atoms with van der Waals surface area (Å²) in [6.07, 6.45) is -4.74. The molecule has 0 saturated carbocycles. The van der Waals surface area contributed by atoms with E-state index >= 15 is 0 Å². The predicted octanol–water partition coefficient (Wildman–Crippen LogP) is 2.72. The fourth-order valence-corrected chi connectivity index (χ4v) is 1.16. The highest BCUT2D eigenvalue weighted by Gasteiger charge is 2.31. The van der Waals surface area contributed by atoms with Crippen molar-refractivity contribution in [3.8, 4) is 5.75 Å². The van der Waals surface area contributed by atoms with E-state index < -0.39 is 18.2 Å². The van der Waals surface area contributed by atoms with Crippen molar-refractivity contribution in [2.75, 3.05) is 11.9 Å². The van der Waals surface area contributed by atoms with Gasteiger partial charge in [-0.05, 0) is 12.1 Å². The summed E-state index contributed by atoms with van der Waals surface area (Å²) in [5, 5.41) is 11.4. The molecule has 0 fully saturated rings.